The third-order valence-electron chi connectivity index (χ3n) is 4.34. The summed E-state index contributed by atoms with van der Waals surface area (Å²) in [5.74, 6) is 0.848. The van der Waals surface area contributed by atoms with Gasteiger partial charge in [-0.15, -0.1) is 0 Å². The van der Waals surface area contributed by atoms with Crippen molar-refractivity contribution in [3.05, 3.63) is 18.0 Å². The first kappa shape index (κ1) is 15.5. The summed E-state index contributed by atoms with van der Waals surface area (Å²) in [5.41, 5.74) is 1.04. The Morgan fingerprint density at radius 2 is 2.30 bits per heavy atom. The monoisotopic (exact) mass is 299 g/mol. The van der Waals surface area contributed by atoms with Gasteiger partial charge >= 0.3 is 0 Å². The minimum Gasteiger partial charge on any atom is -0.316 e. The van der Waals surface area contributed by atoms with E-state index in [1.165, 1.54) is 0 Å². The molecule has 1 N–H and O–H groups in total. The lowest BCUT2D eigenvalue weighted by atomic mass is 9.95. The van der Waals surface area contributed by atoms with Gasteiger partial charge in [0.1, 0.15) is 0 Å². The zero-order chi connectivity index (χ0) is 14.8. The highest BCUT2D eigenvalue weighted by Crippen LogP contribution is 2.23. The third kappa shape index (κ3) is 3.61. The fourth-order valence-corrected chi connectivity index (χ4v) is 4.67. The van der Waals surface area contributed by atoms with Gasteiger partial charge < -0.3 is 5.32 Å². The van der Waals surface area contributed by atoms with Gasteiger partial charge in [0.2, 0.25) is 0 Å². The summed E-state index contributed by atoms with van der Waals surface area (Å²) in [5, 5.41) is 7.87. The highest BCUT2D eigenvalue weighted by atomic mass is 32.2. The van der Waals surface area contributed by atoms with E-state index in [-0.39, 0.29) is 12.0 Å². The number of rotatable bonds is 6. The van der Waals surface area contributed by atoms with E-state index in [1.54, 1.807) is 0 Å². The van der Waals surface area contributed by atoms with Gasteiger partial charge in [-0.2, -0.15) is 5.10 Å². The second-order valence-corrected chi connectivity index (χ2v) is 8.04. The summed E-state index contributed by atoms with van der Waals surface area (Å²) in [6, 6.07) is 2.64. The van der Waals surface area contributed by atoms with Crippen molar-refractivity contribution >= 4 is 9.84 Å². The number of sulfone groups is 1. The van der Waals surface area contributed by atoms with Crippen LogP contribution in [-0.2, 0) is 16.3 Å². The zero-order valence-electron chi connectivity index (χ0n) is 12.5. The highest BCUT2D eigenvalue weighted by Gasteiger charge is 2.33. The smallest absolute Gasteiger partial charge is 0.150 e. The first-order valence-corrected chi connectivity index (χ1v) is 9.19. The molecule has 114 valence electrons. The summed E-state index contributed by atoms with van der Waals surface area (Å²) in [6.07, 6.45) is 4.62. The molecule has 1 fully saturated rings. The van der Waals surface area contributed by atoms with Gasteiger partial charge in [0.25, 0.3) is 0 Å². The molecule has 20 heavy (non-hydrogen) atoms. The van der Waals surface area contributed by atoms with E-state index in [4.69, 9.17) is 0 Å². The largest absolute Gasteiger partial charge is 0.316 e. The second kappa shape index (κ2) is 6.26. The summed E-state index contributed by atoms with van der Waals surface area (Å²) < 4.78 is 25.2. The maximum Gasteiger partial charge on any atom is 0.150 e. The number of nitrogens with one attached hydrogen (secondary N) is 1. The Hall–Kier alpha value is -0.880. The molecule has 0 spiro atoms. The molecule has 0 aromatic carbocycles. The average molecular weight is 299 g/mol. The van der Waals surface area contributed by atoms with Gasteiger partial charge in [-0.3, -0.25) is 4.68 Å². The minimum absolute atomic E-state index is 0.188. The Kier molecular flexibility index (Phi) is 4.86. The quantitative estimate of drug-likeness (QED) is 0.863. The fraction of sp³-hybridized carbons (Fsp3) is 0.786. The Morgan fingerprint density at radius 3 is 2.85 bits per heavy atom. The van der Waals surface area contributed by atoms with Crippen LogP contribution in [0.3, 0.4) is 0 Å². The molecule has 2 rings (SSSR count). The van der Waals surface area contributed by atoms with Gasteiger partial charge in [0.15, 0.2) is 9.84 Å². The number of hydrogen-bond donors (Lipinski definition) is 1. The van der Waals surface area contributed by atoms with E-state index < -0.39 is 9.84 Å². The van der Waals surface area contributed by atoms with Crippen molar-refractivity contribution < 1.29 is 8.42 Å². The van der Waals surface area contributed by atoms with E-state index in [0.29, 0.717) is 17.5 Å². The summed E-state index contributed by atoms with van der Waals surface area (Å²) in [7, 11) is -0.917. The van der Waals surface area contributed by atoms with Crippen LogP contribution in [0.25, 0.3) is 0 Å². The van der Waals surface area contributed by atoms with Crippen LogP contribution in [0.2, 0.25) is 0 Å². The van der Waals surface area contributed by atoms with Crippen molar-refractivity contribution in [2.45, 2.75) is 45.2 Å². The lowest BCUT2D eigenvalue weighted by Crippen LogP contribution is -2.36. The van der Waals surface area contributed by atoms with Crippen molar-refractivity contribution in [1.29, 1.82) is 0 Å². The first-order chi connectivity index (χ1) is 9.45. The van der Waals surface area contributed by atoms with Crippen molar-refractivity contribution in [2.75, 3.05) is 18.6 Å². The molecule has 0 amide bonds. The summed E-state index contributed by atoms with van der Waals surface area (Å²) >= 11 is 0. The Morgan fingerprint density at radius 1 is 1.55 bits per heavy atom. The minimum atomic E-state index is -2.82. The van der Waals surface area contributed by atoms with Crippen molar-refractivity contribution in [1.82, 2.24) is 15.1 Å². The molecule has 1 saturated heterocycles. The predicted octanol–water partition coefficient (Wildman–Crippen LogP) is 1.42. The van der Waals surface area contributed by atoms with Gasteiger partial charge in [-0.25, -0.2) is 8.42 Å². The molecule has 0 saturated carbocycles. The molecular weight excluding hydrogens is 274 g/mol. The van der Waals surface area contributed by atoms with Crippen molar-refractivity contribution in [3.8, 4) is 0 Å². The van der Waals surface area contributed by atoms with Crippen LogP contribution in [-0.4, -0.2) is 42.8 Å². The van der Waals surface area contributed by atoms with Crippen LogP contribution in [0.15, 0.2) is 12.3 Å². The maximum atomic E-state index is 11.6. The standard InChI is InChI=1S/C14H25N3O2S/c1-4-11(2)17-7-5-13(16-17)9-14(15-3)12-6-8-20(18,19)10-12/h5,7,11-12,14-15H,4,6,8-10H2,1-3H3. The van der Waals surface area contributed by atoms with Gasteiger partial charge in [0.05, 0.1) is 17.2 Å². The predicted molar refractivity (Wildman–Crippen MR) is 80.5 cm³/mol. The van der Waals surface area contributed by atoms with Gasteiger partial charge in [-0.05, 0) is 38.8 Å². The Bertz CT molecular complexity index is 538. The van der Waals surface area contributed by atoms with E-state index in [9.17, 15) is 8.42 Å². The highest BCUT2D eigenvalue weighted by molar-refractivity contribution is 7.91. The Balaban J connectivity index is 2.02. The molecule has 5 nitrogen and oxygen atoms in total. The topological polar surface area (TPSA) is 64.0 Å². The van der Waals surface area contributed by atoms with Gasteiger partial charge in [-0.1, -0.05) is 6.92 Å². The van der Waals surface area contributed by atoms with Crippen LogP contribution in [0.5, 0.6) is 0 Å². The first-order valence-electron chi connectivity index (χ1n) is 7.37. The molecule has 0 radical (unpaired) electrons. The van der Waals surface area contributed by atoms with Crippen LogP contribution < -0.4 is 5.32 Å². The SMILES string of the molecule is CCC(C)n1ccc(CC(NC)C2CCS(=O)(=O)C2)n1. The molecule has 2 heterocycles. The van der Waals surface area contributed by atoms with Crippen LogP contribution in [0, 0.1) is 5.92 Å². The van der Waals surface area contributed by atoms with E-state index >= 15 is 0 Å². The number of aromatic nitrogens is 2. The van der Waals surface area contributed by atoms with E-state index in [0.717, 1.165) is 25.0 Å². The lowest BCUT2D eigenvalue weighted by molar-refractivity contribution is 0.395. The lowest BCUT2D eigenvalue weighted by Gasteiger charge is -2.21. The molecule has 1 aliphatic heterocycles. The molecule has 1 aromatic heterocycles. The molecule has 3 unspecified atom stereocenters. The normalized spacial score (nSPS) is 24.6. The summed E-state index contributed by atoms with van der Waals surface area (Å²) in [4.78, 5) is 0. The second-order valence-electron chi connectivity index (χ2n) is 5.81. The molecule has 3 atom stereocenters. The van der Waals surface area contributed by atoms with E-state index in [2.05, 4.69) is 24.3 Å². The molecular formula is C14H25N3O2S. The number of nitrogens with zero attached hydrogens (tertiary/aromatic N) is 2. The van der Waals surface area contributed by atoms with Crippen LogP contribution >= 0.6 is 0 Å². The third-order valence-corrected chi connectivity index (χ3v) is 6.14. The Labute approximate surface area is 121 Å². The zero-order valence-corrected chi connectivity index (χ0v) is 13.4. The molecule has 6 heteroatoms. The molecule has 0 bridgehead atoms. The van der Waals surface area contributed by atoms with Crippen LogP contribution in [0.4, 0.5) is 0 Å². The number of hydrogen-bond acceptors (Lipinski definition) is 4. The van der Waals surface area contributed by atoms with Crippen LogP contribution in [0.1, 0.15) is 38.4 Å². The average Bonchev–Trinajstić information content (AvgIpc) is 3.01. The van der Waals surface area contributed by atoms with Crippen molar-refractivity contribution in [3.63, 3.8) is 0 Å². The maximum absolute atomic E-state index is 11.6. The number of likely N-dealkylation sites (N-methyl/N-ethyl adjacent to an activating group) is 1. The van der Waals surface area contributed by atoms with Gasteiger partial charge in [0, 0.05) is 24.7 Å². The molecule has 0 aliphatic carbocycles. The fourth-order valence-electron chi connectivity index (χ4n) is 2.79. The van der Waals surface area contributed by atoms with E-state index in [1.807, 2.05) is 24.0 Å². The summed E-state index contributed by atoms with van der Waals surface area (Å²) in [6.45, 7) is 4.29. The molecule has 1 aromatic rings. The van der Waals surface area contributed by atoms with Crippen molar-refractivity contribution in [2.24, 2.45) is 5.92 Å². The molecule has 1 aliphatic rings.